The minimum absolute atomic E-state index is 0.0148. The van der Waals surface area contributed by atoms with Crippen LogP contribution in [0.4, 0.5) is 4.79 Å². The van der Waals surface area contributed by atoms with E-state index >= 15 is 0 Å². The zero-order chi connectivity index (χ0) is 31.9. The topological polar surface area (TPSA) is 223 Å². The number of nitrogens with one attached hydrogen (secondary N) is 4. The van der Waals surface area contributed by atoms with Crippen molar-refractivity contribution < 1.29 is 41.7 Å². The quantitative estimate of drug-likeness (QED) is 0.0794. The number of carbonyl (C=O) groups is 5. The lowest BCUT2D eigenvalue weighted by atomic mass is 9.88. The molecule has 0 rings (SSSR count). The van der Waals surface area contributed by atoms with Crippen molar-refractivity contribution in [3.63, 3.8) is 0 Å². The lowest BCUT2D eigenvalue weighted by Gasteiger charge is -2.30. The van der Waals surface area contributed by atoms with Crippen molar-refractivity contribution in [1.29, 1.82) is 0 Å². The fraction of sp³-hybridized carbons (Fsp3) is 0.808. The van der Waals surface area contributed by atoms with Gasteiger partial charge in [-0.05, 0) is 46.0 Å². The molecule has 0 aromatic carbocycles. The zero-order valence-corrected chi connectivity index (χ0v) is 25.9. The average Bonchev–Trinajstić information content (AvgIpc) is 2.85. The molecule has 0 heterocycles. The summed E-state index contributed by atoms with van der Waals surface area (Å²) >= 11 is 0. The highest BCUT2D eigenvalue weighted by Crippen LogP contribution is 2.25. The second-order valence-corrected chi connectivity index (χ2v) is 12.9. The number of carbonyl (C=O) groups excluding carboxylic acids is 5. The van der Waals surface area contributed by atoms with Crippen LogP contribution in [0.15, 0.2) is 0 Å². The number of primary amides is 1. The summed E-state index contributed by atoms with van der Waals surface area (Å²) in [6.45, 7) is 11.0. The van der Waals surface area contributed by atoms with Crippen LogP contribution in [0.25, 0.3) is 0 Å². The maximum absolute atomic E-state index is 13.0. The third-order valence-electron chi connectivity index (χ3n) is 6.62. The third kappa shape index (κ3) is 18.3. The minimum atomic E-state index is -4.65. The van der Waals surface area contributed by atoms with Crippen molar-refractivity contribution in [2.24, 2.45) is 17.1 Å². The van der Waals surface area contributed by atoms with E-state index < -0.39 is 63.2 Å². The van der Waals surface area contributed by atoms with Gasteiger partial charge in [-0.2, -0.15) is 8.42 Å². The molecule has 2 atom stereocenters. The standard InChI is InChI=1S/C26H49N5O9S/c1-7-18(2)20(32)10-11-26(5,6)40-15-12-25(3,4)23(35)31-19(17-41(37,38)39)22(34)30-16-21(33)28-13-8-9-14-29-24(27)36/h18-19H,7-17H2,1-6H3,(H,28,33)(H,30,34)(H,31,35)(H3,27,29,36)(H,37,38,39). The van der Waals surface area contributed by atoms with Gasteiger partial charge < -0.3 is 31.7 Å². The summed E-state index contributed by atoms with van der Waals surface area (Å²) < 4.78 is 38.2. The first kappa shape index (κ1) is 38.2. The molecular weight excluding hydrogens is 558 g/mol. The van der Waals surface area contributed by atoms with Crippen LogP contribution < -0.4 is 27.0 Å². The SMILES string of the molecule is CCC(C)C(=O)CCC(C)(C)OCCC(C)(C)C(=O)NC(CS(=O)(=O)O)C(=O)NCC(=O)NCCCCNC(N)=O. The maximum atomic E-state index is 13.0. The van der Waals surface area contributed by atoms with Crippen LogP contribution in [0.1, 0.15) is 80.1 Å². The molecule has 0 aliphatic carbocycles. The van der Waals surface area contributed by atoms with Crippen molar-refractivity contribution >= 4 is 39.7 Å². The number of amides is 5. The number of unbranched alkanes of at least 4 members (excludes halogenated alkanes) is 1. The average molecular weight is 608 g/mol. The molecule has 2 unspecified atom stereocenters. The monoisotopic (exact) mass is 607 g/mol. The van der Waals surface area contributed by atoms with Crippen LogP contribution in [-0.2, 0) is 34.0 Å². The first-order chi connectivity index (χ1) is 18.8. The lowest BCUT2D eigenvalue weighted by Crippen LogP contribution is -2.54. The van der Waals surface area contributed by atoms with Crippen LogP contribution in [-0.4, -0.2) is 86.1 Å². The number of ether oxygens (including phenoxy) is 1. The van der Waals surface area contributed by atoms with Gasteiger partial charge in [0.1, 0.15) is 17.6 Å². The van der Waals surface area contributed by atoms with Gasteiger partial charge in [-0.25, -0.2) is 4.79 Å². The van der Waals surface area contributed by atoms with E-state index in [1.165, 1.54) is 0 Å². The smallest absolute Gasteiger partial charge is 0.312 e. The van der Waals surface area contributed by atoms with Crippen molar-refractivity contribution in [3.8, 4) is 0 Å². The van der Waals surface area contributed by atoms with Gasteiger partial charge in [0.05, 0.1) is 12.1 Å². The van der Waals surface area contributed by atoms with Gasteiger partial charge in [-0.15, -0.1) is 0 Å². The summed E-state index contributed by atoms with van der Waals surface area (Å²) in [5.41, 5.74) is 3.26. The molecule has 7 N–H and O–H groups in total. The molecular formula is C26H49N5O9S. The molecule has 0 saturated carbocycles. The molecule has 41 heavy (non-hydrogen) atoms. The largest absolute Gasteiger partial charge is 0.376 e. The number of urea groups is 1. The van der Waals surface area contributed by atoms with E-state index in [1.54, 1.807) is 13.8 Å². The lowest BCUT2D eigenvalue weighted by molar-refractivity contribution is -0.135. The molecule has 0 fully saturated rings. The molecule has 15 heteroatoms. The van der Waals surface area contributed by atoms with Gasteiger partial charge in [0, 0.05) is 37.5 Å². The highest BCUT2D eigenvalue weighted by Gasteiger charge is 2.34. The second kappa shape index (κ2) is 17.9. The van der Waals surface area contributed by atoms with Gasteiger partial charge in [0.15, 0.2) is 0 Å². The third-order valence-corrected chi connectivity index (χ3v) is 7.37. The van der Waals surface area contributed by atoms with Gasteiger partial charge in [0.25, 0.3) is 10.1 Å². The highest BCUT2D eigenvalue weighted by atomic mass is 32.2. The van der Waals surface area contributed by atoms with Crippen LogP contribution in [0.3, 0.4) is 0 Å². The summed E-state index contributed by atoms with van der Waals surface area (Å²) in [4.78, 5) is 60.4. The first-order valence-electron chi connectivity index (χ1n) is 13.8. The minimum Gasteiger partial charge on any atom is -0.376 e. The fourth-order valence-corrected chi connectivity index (χ4v) is 4.11. The summed E-state index contributed by atoms with van der Waals surface area (Å²) in [5.74, 6) is -3.09. The van der Waals surface area contributed by atoms with Crippen molar-refractivity contribution in [3.05, 3.63) is 0 Å². The Kier molecular flexibility index (Phi) is 16.7. The predicted octanol–water partition coefficient (Wildman–Crippen LogP) is 0.647. The van der Waals surface area contributed by atoms with Crippen molar-refractivity contribution in [1.82, 2.24) is 21.3 Å². The Morgan fingerprint density at radius 1 is 0.951 bits per heavy atom. The molecule has 0 spiro atoms. The van der Waals surface area contributed by atoms with Crippen LogP contribution in [0.5, 0.6) is 0 Å². The highest BCUT2D eigenvalue weighted by molar-refractivity contribution is 7.85. The van der Waals surface area contributed by atoms with E-state index in [0.717, 1.165) is 6.42 Å². The number of Topliss-reactive ketones (excluding diaryl/α,β-unsaturated/α-hetero) is 1. The van der Waals surface area contributed by atoms with E-state index in [1.807, 2.05) is 27.7 Å². The Labute approximate surface area is 243 Å². The van der Waals surface area contributed by atoms with Gasteiger partial charge in [-0.3, -0.25) is 23.7 Å². The molecule has 238 valence electrons. The van der Waals surface area contributed by atoms with Crippen LogP contribution in [0, 0.1) is 11.3 Å². The maximum Gasteiger partial charge on any atom is 0.312 e. The fourth-order valence-electron chi connectivity index (χ4n) is 3.46. The number of hydrogen-bond donors (Lipinski definition) is 6. The first-order valence-corrected chi connectivity index (χ1v) is 15.4. The number of nitrogens with two attached hydrogens (primary N) is 1. The van der Waals surface area contributed by atoms with Crippen LogP contribution >= 0.6 is 0 Å². The van der Waals surface area contributed by atoms with E-state index in [0.29, 0.717) is 32.2 Å². The Hall–Kier alpha value is -2.78. The summed E-state index contributed by atoms with van der Waals surface area (Å²) in [6, 6.07) is -2.29. The molecule has 5 amide bonds. The molecule has 0 aliphatic rings. The molecule has 0 saturated heterocycles. The molecule has 14 nitrogen and oxygen atoms in total. The van der Waals surface area contributed by atoms with E-state index in [4.69, 9.17) is 10.5 Å². The molecule has 0 bridgehead atoms. The predicted molar refractivity (Wildman–Crippen MR) is 153 cm³/mol. The normalized spacial score (nSPS) is 13.5. The Morgan fingerprint density at radius 2 is 1.54 bits per heavy atom. The molecule has 0 aromatic heterocycles. The summed E-state index contributed by atoms with van der Waals surface area (Å²) in [6.07, 6.45) is 2.98. The molecule has 0 aromatic rings. The number of hydrogen-bond acceptors (Lipinski definition) is 8. The Bertz CT molecular complexity index is 999. The van der Waals surface area contributed by atoms with E-state index in [-0.39, 0.29) is 31.3 Å². The number of ketones is 1. The Balaban J connectivity index is 4.89. The summed E-state index contributed by atoms with van der Waals surface area (Å²) in [5, 5.41) is 9.57. The molecule has 0 radical (unpaired) electrons. The zero-order valence-electron chi connectivity index (χ0n) is 25.1. The number of rotatable bonds is 21. The van der Waals surface area contributed by atoms with Gasteiger partial charge in [0.2, 0.25) is 17.7 Å². The van der Waals surface area contributed by atoms with E-state index in [2.05, 4.69) is 21.3 Å². The second-order valence-electron chi connectivity index (χ2n) is 11.4. The van der Waals surface area contributed by atoms with E-state index in [9.17, 15) is 36.9 Å². The molecule has 0 aliphatic heterocycles. The summed E-state index contributed by atoms with van der Waals surface area (Å²) in [7, 11) is -4.65. The Morgan fingerprint density at radius 3 is 2.07 bits per heavy atom. The van der Waals surface area contributed by atoms with Gasteiger partial charge in [-0.1, -0.05) is 27.7 Å². The van der Waals surface area contributed by atoms with Crippen LogP contribution in [0.2, 0.25) is 0 Å². The van der Waals surface area contributed by atoms with Crippen molar-refractivity contribution in [2.45, 2.75) is 91.7 Å². The van der Waals surface area contributed by atoms with Crippen molar-refractivity contribution in [2.75, 3.05) is 32.0 Å². The van der Waals surface area contributed by atoms with Gasteiger partial charge >= 0.3 is 6.03 Å².